The molecular weight excluding hydrogens is 775 g/mol. The van der Waals surface area contributed by atoms with E-state index in [9.17, 15) is 28.2 Å². The van der Waals surface area contributed by atoms with Crippen LogP contribution in [0.25, 0.3) is 22.4 Å². The number of carbonyl (C=O) groups is 1. The van der Waals surface area contributed by atoms with Gasteiger partial charge in [-0.15, -0.1) is 0 Å². The van der Waals surface area contributed by atoms with Crippen molar-refractivity contribution in [1.82, 2.24) is 30.5 Å². The Hall–Kier alpha value is -4.54. The molecule has 1 saturated carbocycles. The molecule has 0 spiro atoms. The minimum Gasteiger partial charge on any atom is -0.481 e. The summed E-state index contributed by atoms with van der Waals surface area (Å²) in [4.78, 5) is 27.4. The maximum Gasteiger partial charge on any atom is 0.437 e. The number of aliphatic hydroxyl groups is 1. The second-order valence-electron chi connectivity index (χ2n) is 15.9. The van der Waals surface area contributed by atoms with Crippen LogP contribution in [0.2, 0.25) is 5.02 Å². The monoisotopic (exact) mass is 821 g/mol. The molecule has 4 fully saturated rings. The van der Waals surface area contributed by atoms with Crippen LogP contribution in [0.15, 0.2) is 48.5 Å². The molecule has 1 unspecified atom stereocenters. The number of nitrogens with one attached hydrogen (secondary N) is 3. The number of hydrogen-bond acceptors (Lipinski definition) is 11. The molecule has 5 aliphatic rings. The van der Waals surface area contributed by atoms with Gasteiger partial charge in [0.2, 0.25) is 11.8 Å². The summed E-state index contributed by atoms with van der Waals surface area (Å²) in [6.07, 6.45) is -0.924. The number of benzene rings is 2. The van der Waals surface area contributed by atoms with Crippen molar-refractivity contribution in [3.63, 3.8) is 0 Å². The second kappa shape index (κ2) is 16.3. The maximum atomic E-state index is 14.7. The number of pyridine rings is 1. The van der Waals surface area contributed by atoms with E-state index in [0.29, 0.717) is 86.7 Å². The number of carboxylic acid groups (broad SMARTS) is 1. The summed E-state index contributed by atoms with van der Waals surface area (Å²) in [6.45, 7) is 2.07. The standard InChI is InChI=1S/C42H47ClF3N7O5/c1-57-38-23(18-47-19-24-17-26(54)20-48-24)9-11-33(51-38)31-8-4-7-30(35(31)43)27-5-3-6-29-28(27)10-12-32(29)50-37-36(42(44,45)46)49-34(39(52-37)58-2)21-53-22-41(40(55)56)15-13-25(53)14-16-41/h3-9,11,24-26,32,47-48,54H,10,12-22H2,1-2H3,(H,50,52)(H,55,56)/t24-,25?,26?,32-,41?/m0/s1. The van der Waals surface area contributed by atoms with Gasteiger partial charge >= 0.3 is 12.1 Å². The van der Waals surface area contributed by atoms with E-state index in [0.717, 1.165) is 27.8 Å². The molecule has 2 aromatic heterocycles. The van der Waals surface area contributed by atoms with E-state index in [2.05, 4.69) is 25.9 Å². The summed E-state index contributed by atoms with van der Waals surface area (Å²) in [5.41, 5.74) is 3.63. The predicted octanol–water partition coefficient (Wildman–Crippen LogP) is 6.64. The SMILES string of the molecule is COc1nc(-c2cccc(-c3cccc4c3CC[C@@H]4Nc3nc(OC)c(CN4CC5(C(=O)O)CCC4CC5)nc3C(F)(F)F)c2Cl)ccc1CNC[C@@H]1CC(O)CN1. The maximum absolute atomic E-state index is 14.7. The van der Waals surface area contributed by atoms with Crippen molar-refractivity contribution in [3.05, 3.63) is 81.6 Å². The van der Waals surface area contributed by atoms with Gasteiger partial charge in [-0.2, -0.15) is 18.2 Å². The highest BCUT2D eigenvalue weighted by molar-refractivity contribution is 6.36. The summed E-state index contributed by atoms with van der Waals surface area (Å²) in [5.74, 6) is -0.863. The normalized spacial score (nSPS) is 24.2. The molecule has 3 atom stereocenters. The smallest absolute Gasteiger partial charge is 0.437 e. The Morgan fingerprint density at radius 2 is 1.74 bits per heavy atom. The number of nitrogens with zero attached hydrogens (tertiary/aromatic N) is 4. The zero-order valence-electron chi connectivity index (χ0n) is 32.3. The Morgan fingerprint density at radius 1 is 1.00 bits per heavy atom. The van der Waals surface area contributed by atoms with Crippen LogP contribution in [0, 0.1) is 5.41 Å². The highest BCUT2D eigenvalue weighted by Gasteiger charge is 2.50. The molecule has 2 aliphatic carbocycles. The fourth-order valence-corrected chi connectivity index (χ4v) is 9.62. The lowest BCUT2D eigenvalue weighted by Gasteiger charge is -2.50. The largest absolute Gasteiger partial charge is 0.481 e. The molecule has 308 valence electrons. The van der Waals surface area contributed by atoms with E-state index in [-0.39, 0.29) is 42.9 Å². The van der Waals surface area contributed by atoms with Gasteiger partial charge in [-0.3, -0.25) is 9.69 Å². The molecule has 2 aromatic carbocycles. The van der Waals surface area contributed by atoms with Crippen LogP contribution in [-0.2, 0) is 30.5 Å². The van der Waals surface area contributed by atoms with Crippen molar-refractivity contribution in [2.75, 3.05) is 39.2 Å². The van der Waals surface area contributed by atoms with Crippen molar-refractivity contribution in [2.45, 2.75) is 88.4 Å². The molecule has 3 saturated heterocycles. The van der Waals surface area contributed by atoms with Gasteiger partial charge in [0.05, 0.1) is 42.5 Å². The zero-order valence-corrected chi connectivity index (χ0v) is 33.1. The number of carboxylic acids is 1. The number of aromatic nitrogens is 3. The number of piperidine rings is 2. The summed E-state index contributed by atoms with van der Waals surface area (Å²) in [7, 11) is 2.92. The minimum absolute atomic E-state index is 0.00304. The van der Waals surface area contributed by atoms with E-state index in [1.807, 2.05) is 53.4 Å². The van der Waals surface area contributed by atoms with Crippen LogP contribution < -0.4 is 25.4 Å². The minimum atomic E-state index is -4.82. The molecule has 5 heterocycles. The van der Waals surface area contributed by atoms with E-state index < -0.39 is 35.1 Å². The van der Waals surface area contributed by atoms with E-state index in [1.165, 1.54) is 7.11 Å². The quantitative estimate of drug-likeness (QED) is 0.0984. The number of fused-ring (bicyclic) bond motifs is 4. The number of methoxy groups -OCH3 is 2. The van der Waals surface area contributed by atoms with Crippen LogP contribution in [0.3, 0.4) is 0 Å². The summed E-state index contributed by atoms with van der Waals surface area (Å²) >= 11 is 7.16. The molecule has 12 nitrogen and oxygen atoms in total. The predicted molar refractivity (Wildman–Crippen MR) is 212 cm³/mol. The Balaban J connectivity index is 1.03. The van der Waals surface area contributed by atoms with E-state index in [4.69, 9.17) is 26.1 Å². The molecule has 0 radical (unpaired) electrons. The van der Waals surface area contributed by atoms with Crippen LogP contribution in [0.5, 0.6) is 11.8 Å². The number of rotatable bonds is 13. The van der Waals surface area contributed by atoms with Crippen molar-refractivity contribution in [1.29, 1.82) is 0 Å². The first-order chi connectivity index (χ1) is 27.9. The number of aliphatic carboxylic acids is 1. The summed E-state index contributed by atoms with van der Waals surface area (Å²) in [5, 5.41) is 30.0. The van der Waals surface area contributed by atoms with E-state index >= 15 is 0 Å². The highest BCUT2D eigenvalue weighted by Crippen LogP contribution is 2.47. The fourth-order valence-electron chi connectivity index (χ4n) is 9.30. The zero-order chi connectivity index (χ0) is 40.8. The summed E-state index contributed by atoms with van der Waals surface area (Å²) in [6, 6.07) is 15.1. The van der Waals surface area contributed by atoms with Gasteiger partial charge in [0.15, 0.2) is 11.5 Å². The van der Waals surface area contributed by atoms with Crippen LogP contribution in [-0.4, -0.2) is 88.1 Å². The third kappa shape index (κ3) is 7.82. The molecule has 2 bridgehead atoms. The highest BCUT2D eigenvalue weighted by atomic mass is 35.5. The Labute approximate surface area is 339 Å². The Bertz CT molecular complexity index is 2180. The van der Waals surface area contributed by atoms with Crippen LogP contribution >= 0.6 is 11.6 Å². The lowest BCUT2D eigenvalue weighted by atomic mass is 9.67. The number of aliphatic hydroxyl groups excluding tert-OH is 1. The van der Waals surface area contributed by atoms with E-state index in [1.54, 1.807) is 7.11 Å². The molecule has 9 rings (SSSR count). The van der Waals surface area contributed by atoms with Crippen molar-refractivity contribution in [2.24, 2.45) is 5.41 Å². The molecule has 16 heteroatoms. The fraction of sp³-hybridized carbons (Fsp3) is 0.476. The first-order valence-corrected chi connectivity index (χ1v) is 20.1. The van der Waals surface area contributed by atoms with Gasteiger partial charge in [-0.25, -0.2) is 9.97 Å². The number of anilines is 1. The van der Waals surface area contributed by atoms with Gasteiger partial charge in [0, 0.05) is 61.5 Å². The van der Waals surface area contributed by atoms with Crippen molar-refractivity contribution in [3.8, 4) is 34.1 Å². The molecular formula is C42H47ClF3N7O5. The van der Waals surface area contributed by atoms with Crippen LogP contribution in [0.4, 0.5) is 19.0 Å². The topological polar surface area (TPSA) is 154 Å². The first-order valence-electron chi connectivity index (χ1n) is 19.7. The van der Waals surface area contributed by atoms with Gasteiger partial charge in [0.1, 0.15) is 5.69 Å². The Kier molecular flexibility index (Phi) is 11.3. The van der Waals surface area contributed by atoms with Crippen molar-refractivity contribution < 1.29 is 37.7 Å². The number of hydrogen-bond donors (Lipinski definition) is 5. The molecule has 0 amide bonds. The van der Waals surface area contributed by atoms with Gasteiger partial charge in [-0.1, -0.05) is 54.1 Å². The van der Waals surface area contributed by atoms with Gasteiger partial charge in [0.25, 0.3) is 0 Å². The average molecular weight is 822 g/mol. The first kappa shape index (κ1) is 40.2. The lowest BCUT2D eigenvalue weighted by Crippen LogP contribution is -2.56. The van der Waals surface area contributed by atoms with Gasteiger partial charge in [-0.05, 0) is 67.7 Å². The van der Waals surface area contributed by atoms with Crippen molar-refractivity contribution >= 4 is 23.4 Å². The molecule has 3 aliphatic heterocycles. The van der Waals surface area contributed by atoms with Gasteiger partial charge < -0.3 is 35.6 Å². The molecule has 58 heavy (non-hydrogen) atoms. The summed E-state index contributed by atoms with van der Waals surface area (Å²) < 4.78 is 55.3. The Morgan fingerprint density at radius 3 is 2.45 bits per heavy atom. The van der Waals surface area contributed by atoms with Crippen LogP contribution in [0.1, 0.15) is 72.6 Å². The average Bonchev–Trinajstić information content (AvgIpc) is 3.83. The second-order valence-corrected chi connectivity index (χ2v) is 16.2. The molecule has 5 N–H and O–H groups in total. The third-order valence-electron chi connectivity index (χ3n) is 12.3. The number of alkyl halides is 3. The number of ether oxygens (including phenoxy) is 2. The molecule has 4 aromatic rings. The number of halogens is 4. The third-order valence-corrected chi connectivity index (χ3v) is 12.7. The number of β-amino-alcohol motifs (C(OH)–C–C–N with tert-alkyl or cyclic N) is 1. The lowest BCUT2D eigenvalue weighted by molar-refractivity contribution is -0.160.